The van der Waals surface area contributed by atoms with E-state index in [0.717, 1.165) is 29.5 Å². The van der Waals surface area contributed by atoms with Crippen molar-refractivity contribution in [1.29, 1.82) is 0 Å². The van der Waals surface area contributed by atoms with E-state index in [1.54, 1.807) is 31.5 Å². The molecule has 1 amide bonds. The first-order valence-electron chi connectivity index (χ1n) is 11.1. The standard InChI is InChI=1S/C24H25N7O3/c1-15-11-28-22(29-14-24(7-8-24)19-4-2-3-9-26-19)23(33)31(15)13-20(32)27-12-16-5-6-17-18(10-16)34-30-21(17)25/h2-6,9-11H,7-8,12-14H2,1H3,(H2,25,30)(H,27,32)(H,28,29). The highest BCUT2D eigenvalue weighted by Gasteiger charge is 2.45. The lowest BCUT2D eigenvalue weighted by atomic mass is 10.0. The van der Waals surface area contributed by atoms with Crippen LogP contribution in [-0.4, -0.2) is 32.1 Å². The summed E-state index contributed by atoms with van der Waals surface area (Å²) in [6, 6.07) is 11.3. The number of nitrogens with two attached hydrogens (primary N) is 1. The number of nitrogens with zero attached hydrogens (tertiary/aromatic N) is 4. The van der Waals surface area contributed by atoms with Crippen molar-refractivity contribution in [2.75, 3.05) is 17.6 Å². The van der Waals surface area contributed by atoms with E-state index in [0.29, 0.717) is 23.6 Å². The van der Waals surface area contributed by atoms with Crippen LogP contribution in [0.15, 0.2) is 58.1 Å². The molecule has 1 aromatic carbocycles. The zero-order valence-electron chi connectivity index (χ0n) is 18.7. The van der Waals surface area contributed by atoms with Crippen LogP contribution in [0, 0.1) is 6.92 Å². The summed E-state index contributed by atoms with van der Waals surface area (Å²) in [7, 11) is 0. The Bertz CT molecular complexity index is 1410. The average molecular weight is 460 g/mol. The highest BCUT2D eigenvalue weighted by molar-refractivity contribution is 5.87. The number of aromatic nitrogens is 4. The van der Waals surface area contributed by atoms with Crippen molar-refractivity contribution in [2.24, 2.45) is 0 Å². The first kappa shape index (κ1) is 21.6. The minimum Gasteiger partial charge on any atom is -0.380 e. The first-order valence-corrected chi connectivity index (χ1v) is 11.1. The summed E-state index contributed by atoms with van der Waals surface area (Å²) in [5.74, 6) is 0.274. The van der Waals surface area contributed by atoms with Gasteiger partial charge in [0.1, 0.15) is 6.54 Å². The maximum atomic E-state index is 13.0. The van der Waals surface area contributed by atoms with Gasteiger partial charge in [0.25, 0.3) is 5.56 Å². The van der Waals surface area contributed by atoms with Gasteiger partial charge < -0.3 is 20.9 Å². The molecule has 34 heavy (non-hydrogen) atoms. The van der Waals surface area contributed by atoms with E-state index in [9.17, 15) is 9.59 Å². The maximum absolute atomic E-state index is 13.0. The zero-order valence-corrected chi connectivity index (χ0v) is 18.7. The number of carbonyl (C=O) groups excluding carboxylic acids is 1. The Labute approximate surface area is 195 Å². The summed E-state index contributed by atoms with van der Waals surface area (Å²) in [4.78, 5) is 34.4. The van der Waals surface area contributed by atoms with Crippen LogP contribution in [0.4, 0.5) is 11.6 Å². The van der Waals surface area contributed by atoms with E-state index in [4.69, 9.17) is 10.3 Å². The van der Waals surface area contributed by atoms with Crippen LogP contribution in [0.5, 0.6) is 0 Å². The molecule has 0 aliphatic heterocycles. The normalized spacial score (nSPS) is 14.1. The van der Waals surface area contributed by atoms with Gasteiger partial charge in [-0.25, -0.2) is 4.98 Å². The second kappa shape index (κ2) is 8.62. The summed E-state index contributed by atoms with van der Waals surface area (Å²) >= 11 is 0. The molecule has 4 N–H and O–H groups in total. The van der Waals surface area contributed by atoms with Crippen molar-refractivity contribution in [3.8, 4) is 0 Å². The number of anilines is 2. The lowest BCUT2D eigenvalue weighted by Gasteiger charge is -2.17. The average Bonchev–Trinajstić information content (AvgIpc) is 3.56. The predicted molar refractivity (Wildman–Crippen MR) is 127 cm³/mol. The van der Waals surface area contributed by atoms with E-state index >= 15 is 0 Å². The zero-order chi connectivity index (χ0) is 23.7. The highest BCUT2D eigenvalue weighted by atomic mass is 16.5. The molecular formula is C24H25N7O3. The summed E-state index contributed by atoms with van der Waals surface area (Å²) in [5, 5.41) is 10.5. The fourth-order valence-electron chi connectivity index (χ4n) is 4.00. The number of aryl methyl sites for hydroxylation is 1. The number of hydrogen-bond donors (Lipinski definition) is 3. The van der Waals surface area contributed by atoms with Crippen LogP contribution in [0.3, 0.4) is 0 Å². The van der Waals surface area contributed by atoms with Crippen molar-refractivity contribution in [3.05, 3.63) is 76.1 Å². The topological polar surface area (TPSA) is 141 Å². The number of rotatable bonds is 8. The first-order chi connectivity index (χ1) is 16.4. The van der Waals surface area contributed by atoms with E-state index < -0.39 is 0 Å². The molecule has 0 saturated heterocycles. The molecule has 1 saturated carbocycles. The maximum Gasteiger partial charge on any atom is 0.293 e. The number of fused-ring (bicyclic) bond motifs is 1. The van der Waals surface area contributed by atoms with Crippen molar-refractivity contribution in [2.45, 2.75) is 38.3 Å². The summed E-state index contributed by atoms with van der Waals surface area (Å²) < 4.78 is 6.59. The van der Waals surface area contributed by atoms with E-state index in [1.165, 1.54) is 4.57 Å². The number of benzene rings is 1. The third-order valence-electron chi connectivity index (χ3n) is 6.27. The van der Waals surface area contributed by atoms with Crippen molar-refractivity contribution < 1.29 is 9.32 Å². The summed E-state index contributed by atoms with van der Waals surface area (Å²) in [5.41, 5.74) is 8.35. The molecule has 0 radical (unpaired) electrons. The second-order valence-electron chi connectivity index (χ2n) is 8.66. The molecule has 1 fully saturated rings. The van der Waals surface area contributed by atoms with Gasteiger partial charge >= 0.3 is 0 Å². The van der Waals surface area contributed by atoms with Gasteiger partial charge in [0.15, 0.2) is 17.2 Å². The molecular weight excluding hydrogens is 434 g/mol. The van der Waals surface area contributed by atoms with Gasteiger partial charge in [-0.15, -0.1) is 0 Å². The van der Waals surface area contributed by atoms with Crippen molar-refractivity contribution in [3.63, 3.8) is 0 Å². The minimum atomic E-state index is -0.328. The summed E-state index contributed by atoms with van der Waals surface area (Å²) in [6.45, 7) is 2.50. The highest BCUT2D eigenvalue weighted by Crippen LogP contribution is 2.47. The molecule has 1 aliphatic carbocycles. The fraction of sp³-hybridized carbons (Fsp3) is 0.292. The lowest BCUT2D eigenvalue weighted by molar-refractivity contribution is -0.121. The third kappa shape index (κ3) is 4.21. The Morgan fingerprint density at radius 2 is 2.09 bits per heavy atom. The van der Waals surface area contributed by atoms with Crippen LogP contribution in [-0.2, 0) is 23.3 Å². The van der Waals surface area contributed by atoms with Crippen LogP contribution in [0.2, 0.25) is 0 Å². The Balaban J connectivity index is 1.24. The largest absolute Gasteiger partial charge is 0.380 e. The van der Waals surface area contributed by atoms with E-state index in [-0.39, 0.29) is 35.8 Å². The number of pyridine rings is 1. The number of nitrogen functional groups attached to an aromatic ring is 1. The molecule has 174 valence electrons. The Hall–Kier alpha value is -4.21. The van der Waals surface area contributed by atoms with Crippen LogP contribution in [0.25, 0.3) is 11.0 Å². The van der Waals surface area contributed by atoms with Gasteiger partial charge in [0.05, 0.1) is 5.39 Å². The molecule has 4 aromatic rings. The van der Waals surface area contributed by atoms with Gasteiger partial charge in [0.2, 0.25) is 5.91 Å². The molecule has 3 heterocycles. The molecule has 10 heteroatoms. The molecule has 0 unspecified atom stereocenters. The van der Waals surface area contributed by atoms with Crippen LogP contribution in [0.1, 0.15) is 29.8 Å². The number of nitrogens with one attached hydrogen (secondary N) is 2. The van der Waals surface area contributed by atoms with Gasteiger partial charge in [0, 0.05) is 42.3 Å². The number of amides is 1. The Kier molecular flexibility index (Phi) is 5.48. The predicted octanol–water partition coefficient (Wildman–Crippen LogP) is 2.13. The van der Waals surface area contributed by atoms with Gasteiger partial charge in [-0.2, -0.15) is 0 Å². The smallest absolute Gasteiger partial charge is 0.293 e. The quantitative estimate of drug-likeness (QED) is 0.364. The summed E-state index contributed by atoms with van der Waals surface area (Å²) in [6.07, 6.45) is 5.39. The molecule has 0 spiro atoms. The fourth-order valence-corrected chi connectivity index (χ4v) is 4.00. The third-order valence-corrected chi connectivity index (χ3v) is 6.27. The molecule has 1 aliphatic rings. The Morgan fingerprint density at radius 3 is 2.85 bits per heavy atom. The van der Waals surface area contributed by atoms with Gasteiger partial charge in [-0.1, -0.05) is 17.3 Å². The molecule has 0 bridgehead atoms. The Morgan fingerprint density at radius 1 is 1.24 bits per heavy atom. The molecule has 3 aromatic heterocycles. The second-order valence-corrected chi connectivity index (χ2v) is 8.66. The van der Waals surface area contributed by atoms with Crippen molar-refractivity contribution >= 4 is 28.5 Å². The van der Waals surface area contributed by atoms with Crippen LogP contribution < -0.4 is 21.9 Å². The van der Waals surface area contributed by atoms with E-state index in [1.807, 2.05) is 24.3 Å². The van der Waals surface area contributed by atoms with Gasteiger partial charge in [-0.3, -0.25) is 19.1 Å². The monoisotopic (exact) mass is 459 g/mol. The van der Waals surface area contributed by atoms with Gasteiger partial charge in [-0.05, 0) is 49.6 Å². The number of carbonyl (C=O) groups is 1. The van der Waals surface area contributed by atoms with Crippen LogP contribution >= 0.6 is 0 Å². The molecule has 10 nitrogen and oxygen atoms in total. The SMILES string of the molecule is Cc1cnc(NCC2(c3ccccn3)CC2)c(=O)n1CC(=O)NCc1ccc2c(N)noc2c1. The number of hydrogen-bond acceptors (Lipinski definition) is 8. The van der Waals surface area contributed by atoms with E-state index in [2.05, 4.69) is 25.8 Å². The molecule has 0 atom stereocenters. The van der Waals surface area contributed by atoms with Crippen molar-refractivity contribution in [1.82, 2.24) is 25.0 Å². The lowest BCUT2D eigenvalue weighted by Crippen LogP contribution is -2.35. The molecule has 5 rings (SSSR count). The minimum absolute atomic E-state index is 0.0717.